The predicted molar refractivity (Wildman–Crippen MR) is 79.5 cm³/mol. The van der Waals surface area contributed by atoms with Gasteiger partial charge in [-0.05, 0) is 24.3 Å². The van der Waals surface area contributed by atoms with Crippen molar-refractivity contribution in [3.05, 3.63) is 40.4 Å². The van der Waals surface area contributed by atoms with Crippen molar-refractivity contribution in [1.29, 1.82) is 0 Å². The average Bonchev–Trinajstić information content (AvgIpc) is 2.43. The molecule has 106 valence electrons. The van der Waals surface area contributed by atoms with E-state index in [-0.39, 0.29) is 11.5 Å². The van der Waals surface area contributed by atoms with Gasteiger partial charge in [0.2, 0.25) is 5.75 Å². The molecular formula is C14H14BrNO4. The highest BCUT2D eigenvalue weighted by molar-refractivity contribution is 9.10. The number of rotatable bonds is 4. The van der Waals surface area contributed by atoms with E-state index in [1.54, 1.807) is 7.11 Å². The topological polar surface area (TPSA) is 82.0 Å². The number of hydrogen-bond acceptors (Lipinski definition) is 5. The van der Waals surface area contributed by atoms with Crippen molar-refractivity contribution < 1.29 is 20.1 Å². The zero-order chi connectivity index (χ0) is 14.7. The summed E-state index contributed by atoms with van der Waals surface area (Å²) in [6.07, 6.45) is 0. The Balaban J connectivity index is 2.17. The van der Waals surface area contributed by atoms with Crippen LogP contribution in [0.1, 0.15) is 5.56 Å². The normalized spacial score (nSPS) is 10.3. The number of ether oxygens (including phenoxy) is 1. The lowest BCUT2D eigenvalue weighted by molar-refractivity contribution is 0.365. The third-order valence-electron chi connectivity index (χ3n) is 2.80. The highest BCUT2D eigenvalue weighted by Crippen LogP contribution is 2.37. The van der Waals surface area contributed by atoms with Gasteiger partial charge in [0.15, 0.2) is 11.5 Å². The minimum atomic E-state index is -0.517. The number of benzene rings is 2. The zero-order valence-corrected chi connectivity index (χ0v) is 12.3. The number of aromatic hydroxyl groups is 3. The highest BCUT2D eigenvalue weighted by Gasteiger charge is 2.10. The Bertz CT molecular complexity index is 631. The first-order valence-electron chi connectivity index (χ1n) is 5.82. The molecule has 0 bridgehead atoms. The van der Waals surface area contributed by atoms with E-state index < -0.39 is 5.75 Å². The van der Waals surface area contributed by atoms with E-state index in [1.165, 1.54) is 12.1 Å². The second kappa shape index (κ2) is 5.92. The number of phenols is 3. The van der Waals surface area contributed by atoms with Crippen LogP contribution in [0.15, 0.2) is 34.8 Å². The third kappa shape index (κ3) is 3.08. The SMILES string of the molecule is COc1cc(Br)cc(NCc2ccc(O)c(O)c2O)c1. The zero-order valence-electron chi connectivity index (χ0n) is 10.7. The Morgan fingerprint density at radius 2 is 1.85 bits per heavy atom. The van der Waals surface area contributed by atoms with Crippen LogP contribution in [0.5, 0.6) is 23.0 Å². The van der Waals surface area contributed by atoms with Crippen LogP contribution in [0.2, 0.25) is 0 Å². The van der Waals surface area contributed by atoms with Crippen LogP contribution in [-0.2, 0) is 6.54 Å². The minimum Gasteiger partial charge on any atom is -0.504 e. The smallest absolute Gasteiger partial charge is 0.200 e. The van der Waals surface area contributed by atoms with Crippen LogP contribution in [0.4, 0.5) is 5.69 Å². The number of methoxy groups -OCH3 is 1. The number of phenolic OH excluding ortho intramolecular Hbond substituents is 3. The summed E-state index contributed by atoms with van der Waals surface area (Å²) in [7, 11) is 1.58. The van der Waals surface area contributed by atoms with Crippen LogP contribution < -0.4 is 10.1 Å². The lowest BCUT2D eigenvalue weighted by atomic mass is 10.1. The van der Waals surface area contributed by atoms with Crippen molar-refractivity contribution in [2.75, 3.05) is 12.4 Å². The first kappa shape index (κ1) is 14.3. The Morgan fingerprint density at radius 1 is 1.10 bits per heavy atom. The number of hydrogen-bond donors (Lipinski definition) is 4. The molecule has 6 heteroatoms. The van der Waals surface area contributed by atoms with Gasteiger partial charge in [0.25, 0.3) is 0 Å². The van der Waals surface area contributed by atoms with Gasteiger partial charge < -0.3 is 25.4 Å². The molecule has 0 aliphatic rings. The molecule has 0 amide bonds. The first-order valence-corrected chi connectivity index (χ1v) is 6.62. The fourth-order valence-corrected chi connectivity index (χ4v) is 2.21. The van der Waals surface area contributed by atoms with Crippen LogP contribution in [0.25, 0.3) is 0 Å². The van der Waals surface area contributed by atoms with E-state index in [0.717, 1.165) is 10.2 Å². The molecule has 0 aliphatic carbocycles. The molecule has 0 unspecified atom stereocenters. The van der Waals surface area contributed by atoms with Crippen molar-refractivity contribution in [2.24, 2.45) is 0 Å². The standard InChI is InChI=1S/C14H14BrNO4/c1-20-11-5-9(15)4-10(6-11)16-7-8-2-3-12(17)14(19)13(8)18/h2-6,16-19H,7H2,1H3. The van der Waals surface area contributed by atoms with Crippen molar-refractivity contribution in [1.82, 2.24) is 0 Å². The summed E-state index contributed by atoms with van der Waals surface area (Å²) in [6, 6.07) is 8.36. The van der Waals surface area contributed by atoms with E-state index >= 15 is 0 Å². The summed E-state index contributed by atoms with van der Waals surface area (Å²) in [5.41, 5.74) is 1.27. The van der Waals surface area contributed by atoms with E-state index in [9.17, 15) is 15.3 Å². The summed E-state index contributed by atoms with van der Waals surface area (Å²) in [6.45, 7) is 0.291. The molecule has 5 nitrogen and oxygen atoms in total. The largest absolute Gasteiger partial charge is 0.504 e. The summed E-state index contributed by atoms with van der Waals surface area (Å²) in [4.78, 5) is 0. The maximum Gasteiger partial charge on any atom is 0.200 e. The van der Waals surface area contributed by atoms with Crippen LogP contribution in [0, 0.1) is 0 Å². The predicted octanol–water partition coefficient (Wildman–Crippen LogP) is 3.19. The van der Waals surface area contributed by atoms with Crippen LogP contribution in [0.3, 0.4) is 0 Å². The van der Waals surface area contributed by atoms with Gasteiger partial charge in [-0.1, -0.05) is 15.9 Å². The first-order chi connectivity index (χ1) is 9.51. The summed E-state index contributed by atoms with van der Waals surface area (Å²) in [5.74, 6) is -0.509. The monoisotopic (exact) mass is 339 g/mol. The van der Waals surface area contributed by atoms with Crippen LogP contribution in [-0.4, -0.2) is 22.4 Å². The molecule has 0 saturated heterocycles. The molecule has 2 aromatic carbocycles. The average molecular weight is 340 g/mol. The number of anilines is 1. The van der Waals surface area contributed by atoms with E-state index in [0.29, 0.717) is 17.9 Å². The molecule has 20 heavy (non-hydrogen) atoms. The van der Waals surface area contributed by atoms with E-state index in [1.807, 2.05) is 18.2 Å². The molecule has 0 radical (unpaired) electrons. The molecule has 2 aromatic rings. The van der Waals surface area contributed by atoms with Gasteiger partial charge >= 0.3 is 0 Å². The lowest BCUT2D eigenvalue weighted by Crippen LogP contribution is -2.00. The van der Waals surface area contributed by atoms with Gasteiger partial charge in [0.05, 0.1) is 7.11 Å². The highest BCUT2D eigenvalue weighted by atomic mass is 79.9. The molecule has 0 spiro atoms. The van der Waals surface area contributed by atoms with Crippen molar-refractivity contribution >= 4 is 21.6 Å². The van der Waals surface area contributed by atoms with Crippen molar-refractivity contribution in [2.45, 2.75) is 6.54 Å². The molecule has 2 rings (SSSR count). The Labute approximate surface area is 124 Å². The fourth-order valence-electron chi connectivity index (χ4n) is 1.73. The second-order valence-electron chi connectivity index (χ2n) is 4.17. The Hall–Kier alpha value is -2.08. The molecule has 0 aromatic heterocycles. The molecule has 0 atom stereocenters. The summed E-state index contributed by atoms with van der Waals surface area (Å²) < 4.78 is 6.01. The summed E-state index contributed by atoms with van der Waals surface area (Å²) in [5, 5.41) is 31.5. The molecule has 4 N–H and O–H groups in total. The van der Waals surface area contributed by atoms with Crippen molar-refractivity contribution in [3.63, 3.8) is 0 Å². The molecule has 0 aliphatic heterocycles. The fraction of sp³-hybridized carbons (Fsp3) is 0.143. The maximum absolute atomic E-state index is 9.73. The molecule has 0 saturated carbocycles. The summed E-state index contributed by atoms with van der Waals surface area (Å²) >= 11 is 3.37. The van der Waals surface area contributed by atoms with Gasteiger partial charge in [0, 0.05) is 28.3 Å². The number of halogens is 1. The second-order valence-corrected chi connectivity index (χ2v) is 5.09. The van der Waals surface area contributed by atoms with E-state index in [4.69, 9.17) is 4.74 Å². The van der Waals surface area contributed by atoms with Crippen LogP contribution >= 0.6 is 15.9 Å². The Kier molecular flexibility index (Phi) is 4.24. The van der Waals surface area contributed by atoms with Gasteiger partial charge in [-0.15, -0.1) is 0 Å². The van der Waals surface area contributed by atoms with Crippen molar-refractivity contribution in [3.8, 4) is 23.0 Å². The molecule has 0 fully saturated rings. The molecule has 0 heterocycles. The Morgan fingerprint density at radius 3 is 2.55 bits per heavy atom. The third-order valence-corrected chi connectivity index (χ3v) is 3.26. The maximum atomic E-state index is 9.73. The molecular weight excluding hydrogens is 326 g/mol. The quantitative estimate of drug-likeness (QED) is 0.643. The minimum absolute atomic E-state index is 0.291. The van der Waals surface area contributed by atoms with Gasteiger partial charge in [0.1, 0.15) is 5.75 Å². The van der Waals surface area contributed by atoms with E-state index in [2.05, 4.69) is 21.2 Å². The lowest BCUT2D eigenvalue weighted by Gasteiger charge is -2.11. The van der Waals surface area contributed by atoms with Gasteiger partial charge in [-0.2, -0.15) is 0 Å². The van der Waals surface area contributed by atoms with Gasteiger partial charge in [-0.25, -0.2) is 0 Å². The van der Waals surface area contributed by atoms with Gasteiger partial charge in [-0.3, -0.25) is 0 Å². The number of nitrogens with one attached hydrogen (secondary N) is 1.